The van der Waals surface area contributed by atoms with Crippen molar-refractivity contribution in [1.82, 2.24) is 24.4 Å². The number of piperidine rings is 1. The van der Waals surface area contributed by atoms with Crippen molar-refractivity contribution in [3.05, 3.63) is 60.1 Å². The first-order chi connectivity index (χ1) is 19.8. The van der Waals surface area contributed by atoms with E-state index in [0.29, 0.717) is 35.0 Å². The fourth-order valence-electron chi connectivity index (χ4n) is 6.07. The number of hydrogen-bond donors (Lipinski definition) is 2. The molecule has 0 atom stereocenters. The molecular formula is C31H36F2N6O2. The van der Waals surface area contributed by atoms with Crippen molar-refractivity contribution in [3.63, 3.8) is 0 Å². The van der Waals surface area contributed by atoms with Gasteiger partial charge in [-0.1, -0.05) is 0 Å². The first-order valence-electron chi connectivity index (χ1n) is 14.4. The summed E-state index contributed by atoms with van der Waals surface area (Å²) in [5.74, 6) is 0.791. The lowest BCUT2D eigenvalue weighted by Crippen LogP contribution is -2.36. The molecule has 1 aromatic carbocycles. The van der Waals surface area contributed by atoms with Crippen LogP contribution in [-0.4, -0.2) is 62.4 Å². The van der Waals surface area contributed by atoms with E-state index in [1.165, 1.54) is 6.07 Å². The number of nitrogens with zero attached hydrogens (tertiary/aromatic N) is 5. The summed E-state index contributed by atoms with van der Waals surface area (Å²) in [4.78, 5) is 15.3. The fraction of sp³-hybridized carbons (Fsp3) is 0.452. The van der Waals surface area contributed by atoms with Crippen molar-refractivity contribution in [3.8, 4) is 17.0 Å². The molecule has 6 rings (SSSR count). The minimum atomic E-state index is -0.627. The highest BCUT2D eigenvalue weighted by Gasteiger charge is 2.32. The highest BCUT2D eigenvalue weighted by Crippen LogP contribution is 2.39. The summed E-state index contributed by atoms with van der Waals surface area (Å²) in [6.45, 7) is 8.14. The fourth-order valence-corrected chi connectivity index (χ4v) is 6.07. The number of aryl methyl sites for hydroxylation is 1. The Kier molecular flexibility index (Phi) is 7.61. The van der Waals surface area contributed by atoms with E-state index in [0.717, 1.165) is 69.1 Å². The van der Waals surface area contributed by atoms with Gasteiger partial charge in [0.05, 0.1) is 24.5 Å². The van der Waals surface area contributed by atoms with Crippen LogP contribution in [0.4, 0.5) is 20.5 Å². The molecule has 0 spiro atoms. The minimum Gasteiger partial charge on any atom is -0.492 e. The third kappa shape index (κ3) is 5.76. The topological polar surface area (TPSA) is 88.3 Å². The lowest BCUT2D eigenvalue weighted by Gasteiger charge is -2.31. The number of anilines is 2. The molecular weight excluding hydrogens is 526 g/mol. The van der Waals surface area contributed by atoms with Gasteiger partial charge in [0.25, 0.3) is 0 Å². The molecule has 0 unspecified atom stereocenters. The van der Waals surface area contributed by atoms with Gasteiger partial charge in [-0.3, -0.25) is 0 Å². The van der Waals surface area contributed by atoms with Gasteiger partial charge in [0, 0.05) is 35.3 Å². The second-order valence-corrected chi connectivity index (χ2v) is 11.7. The number of aliphatic hydroxyl groups is 1. The summed E-state index contributed by atoms with van der Waals surface area (Å²) in [7, 11) is 0. The first kappa shape index (κ1) is 27.5. The molecule has 41 heavy (non-hydrogen) atoms. The SMILES string of the molecule is CC1(C)CCc2cc3c(F)cc(-c4nc(Nc5ccc(OCC6CCN(CCCO)CC6)cn5)ncc4F)cc3n21. The molecule has 3 aromatic heterocycles. The van der Waals surface area contributed by atoms with E-state index < -0.39 is 11.6 Å². The highest BCUT2D eigenvalue weighted by atomic mass is 19.1. The summed E-state index contributed by atoms with van der Waals surface area (Å²) in [6.07, 6.45) is 7.55. The second-order valence-electron chi connectivity index (χ2n) is 11.7. The number of ether oxygens (including phenoxy) is 1. The summed E-state index contributed by atoms with van der Waals surface area (Å²) in [5, 5.41) is 12.6. The molecule has 2 aliphatic heterocycles. The van der Waals surface area contributed by atoms with E-state index in [1.807, 2.05) is 18.2 Å². The summed E-state index contributed by atoms with van der Waals surface area (Å²) >= 11 is 0. The molecule has 1 fully saturated rings. The van der Waals surface area contributed by atoms with Gasteiger partial charge in [0.15, 0.2) is 5.82 Å². The molecule has 10 heteroatoms. The highest BCUT2D eigenvalue weighted by molar-refractivity contribution is 5.87. The number of aliphatic hydroxyl groups excluding tert-OH is 1. The van der Waals surface area contributed by atoms with Crippen molar-refractivity contribution in [1.29, 1.82) is 0 Å². The molecule has 2 aliphatic rings. The Balaban J connectivity index is 1.13. The van der Waals surface area contributed by atoms with Gasteiger partial charge >= 0.3 is 0 Å². The number of benzene rings is 1. The van der Waals surface area contributed by atoms with Crippen molar-refractivity contribution in [2.75, 3.05) is 38.2 Å². The van der Waals surface area contributed by atoms with Gasteiger partial charge in [-0.05, 0) is 95.3 Å². The van der Waals surface area contributed by atoms with Crippen LogP contribution in [0.2, 0.25) is 0 Å². The summed E-state index contributed by atoms with van der Waals surface area (Å²) in [5.41, 5.74) is 2.08. The zero-order valence-corrected chi connectivity index (χ0v) is 23.5. The van der Waals surface area contributed by atoms with Gasteiger partial charge in [-0.2, -0.15) is 0 Å². The zero-order chi connectivity index (χ0) is 28.6. The van der Waals surface area contributed by atoms with E-state index in [2.05, 4.69) is 43.6 Å². The van der Waals surface area contributed by atoms with Crippen LogP contribution >= 0.6 is 0 Å². The van der Waals surface area contributed by atoms with Crippen LogP contribution in [0.3, 0.4) is 0 Å². The predicted octanol–water partition coefficient (Wildman–Crippen LogP) is 5.67. The molecule has 0 radical (unpaired) electrons. The quantitative estimate of drug-likeness (QED) is 0.272. The van der Waals surface area contributed by atoms with E-state index in [1.54, 1.807) is 12.3 Å². The maximum absolute atomic E-state index is 15.2. The monoisotopic (exact) mass is 562 g/mol. The number of aromatic nitrogens is 4. The molecule has 2 N–H and O–H groups in total. The van der Waals surface area contributed by atoms with Crippen LogP contribution in [-0.2, 0) is 12.0 Å². The molecule has 1 saturated heterocycles. The van der Waals surface area contributed by atoms with E-state index >= 15 is 4.39 Å². The van der Waals surface area contributed by atoms with Crippen molar-refractivity contribution >= 4 is 22.7 Å². The Bertz CT molecular complexity index is 1530. The number of halogens is 2. The van der Waals surface area contributed by atoms with Gasteiger partial charge in [0.1, 0.15) is 23.1 Å². The van der Waals surface area contributed by atoms with Crippen molar-refractivity contribution in [2.24, 2.45) is 5.92 Å². The Morgan fingerprint density at radius 3 is 2.66 bits per heavy atom. The smallest absolute Gasteiger partial charge is 0.229 e. The first-order valence-corrected chi connectivity index (χ1v) is 14.4. The molecule has 4 aromatic rings. The maximum atomic E-state index is 15.2. The van der Waals surface area contributed by atoms with Crippen LogP contribution < -0.4 is 10.1 Å². The Labute approximate surface area is 238 Å². The van der Waals surface area contributed by atoms with E-state index in [4.69, 9.17) is 9.84 Å². The van der Waals surface area contributed by atoms with Crippen molar-refractivity contribution < 1.29 is 18.6 Å². The number of nitrogens with one attached hydrogen (secondary N) is 1. The lowest BCUT2D eigenvalue weighted by molar-refractivity contribution is 0.133. The Morgan fingerprint density at radius 2 is 1.90 bits per heavy atom. The molecule has 0 bridgehead atoms. The average Bonchev–Trinajstić information content (AvgIpc) is 3.50. The van der Waals surface area contributed by atoms with Crippen LogP contribution in [0.15, 0.2) is 42.7 Å². The molecule has 0 amide bonds. The predicted molar refractivity (Wildman–Crippen MR) is 154 cm³/mol. The lowest BCUT2D eigenvalue weighted by atomic mass is 9.98. The number of likely N-dealkylation sites (tertiary alicyclic amines) is 1. The van der Waals surface area contributed by atoms with Gasteiger partial charge in [-0.25, -0.2) is 23.7 Å². The number of pyridine rings is 1. The molecule has 0 aliphatic carbocycles. The average molecular weight is 563 g/mol. The molecule has 5 heterocycles. The van der Waals surface area contributed by atoms with Gasteiger partial charge in [0.2, 0.25) is 5.95 Å². The number of rotatable bonds is 9. The number of fused-ring (bicyclic) bond motifs is 3. The Morgan fingerprint density at radius 1 is 1.07 bits per heavy atom. The summed E-state index contributed by atoms with van der Waals surface area (Å²) in [6, 6.07) is 8.64. The third-order valence-electron chi connectivity index (χ3n) is 8.36. The molecule has 0 saturated carbocycles. The normalized spacial score (nSPS) is 17.2. The van der Waals surface area contributed by atoms with Crippen LogP contribution in [0.25, 0.3) is 22.2 Å². The Hall–Kier alpha value is -3.63. The summed E-state index contributed by atoms with van der Waals surface area (Å²) < 4.78 is 38.2. The van der Waals surface area contributed by atoms with Gasteiger partial charge < -0.3 is 24.6 Å². The largest absolute Gasteiger partial charge is 0.492 e. The zero-order valence-electron chi connectivity index (χ0n) is 23.5. The standard InChI is InChI=1S/C31H36F2N6O2/c1-31(2)9-6-22-16-24-25(32)14-21(15-27(24)39(22)31)29-26(33)18-35-30(37-29)36-28-5-4-23(17-34-28)41-19-20-7-11-38(12-8-20)10-3-13-40/h4-5,14-18,20,40H,3,6-13,19H2,1-2H3,(H,34,35,36,37). The molecule has 216 valence electrons. The minimum absolute atomic E-state index is 0.0250. The molecule has 8 nitrogen and oxygen atoms in total. The van der Waals surface area contributed by atoms with Crippen LogP contribution in [0, 0.1) is 17.6 Å². The van der Waals surface area contributed by atoms with E-state index in [-0.39, 0.29) is 23.8 Å². The van der Waals surface area contributed by atoms with Crippen LogP contribution in [0.1, 0.15) is 45.2 Å². The van der Waals surface area contributed by atoms with Crippen LogP contribution in [0.5, 0.6) is 5.75 Å². The number of hydrogen-bond acceptors (Lipinski definition) is 7. The second kappa shape index (κ2) is 11.3. The third-order valence-corrected chi connectivity index (χ3v) is 8.36. The van der Waals surface area contributed by atoms with Gasteiger partial charge in [-0.15, -0.1) is 0 Å². The van der Waals surface area contributed by atoms with Crippen molar-refractivity contribution in [2.45, 2.75) is 51.5 Å². The maximum Gasteiger partial charge on any atom is 0.229 e. The van der Waals surface area contributed by atoms with E-state index in [9.17, 15) is 4.39 Å².